The molecule has 1 aliphatic heterocycles. The van der Waals surface area contributed by atoms with E-state index in [1.54, 1.807) is 18.2 Å². The van der Waals surface area contributed by atoms with Gasteiger partial charge in [0, 0.05) is 27.0 Å². The van der Waals surface area contributed by atoms with Gasteiger partial charge in [-0.05, 0) is 58.5 Å². The van der Waals surface area contributed by atoms with Crippen LogP contribution < -0.4 is 10.5 Å². The Bertz CT molecular complexity index is 1250. The van der Waals surface area contributed by atoms with E-state index in [1.807, 2.05) is 36.4 Å². The fourth-order valence-electron chi connectivity index (χ4n) is 3.34. The summed E-state index contributed by atoms with van der Waals surface area (Å²) < 4.78 is 6.68. The van der Waals surface area contributed by atoms with Crippen molar-refractivity contribution >= 4 is 46.1 Å². The van der Waals surface area contributed by atoms with Crippen LogP contribution in [0, 0.1) is 14.9 Å². The molecule has 148 valence electrons. The van der Waals surface area contributed by atoms with Gasteiger partial charge in [-0.15, -0.1) is 0 Å². The molecule has 0 aliphatic carbocycles. The maximum absolute atomic E-state index is 10.5. The molecule has 1 aliphatic rings. The molecule has 5 nitrogen and oxygen atoms in total. The quantitative estimate of drug-likeness (QED) is 0.342. The van der Waals surface area contributed by atoms with Crippen LogP contribution in [-0.4, -0.2) is 11.3 Å². The number of nitrogens with two attached hydrogens (primary N) is 1. The fourth-order valence-corrected chi connectivity index (χ4v) is 4.09. The van der Waals surface area contributed by atoms with E-state index in [2.05, 4.69) is 33.7 Å². The van der Waals surface area contributed by atoms with Crippen LogP contribution in [0.25, 0.3) is 0 Å². The van der Waals surface area contributed by atoms with Crippen LogP contribution in [0.4, 0.5) is 5.69 Å². The molecule has 0 unspecified atom stereocenters. The minimum absolute atomic E-state index is 0.0147. The van der Waals surface area contributed by atoms with Crippen LogP contribution >= 0.6 is 34.2 Å². The van der Waals surface area contributed by atoms with Gasteiger partial charge in [0.1, 0.15) is 23.1 Å². The van der Waals surface area contributed by atoms with Gasteiger partial charge in [0.2, 0.25) is 5.88 Å². The van der Waals surface area contributed by atoms with Crippen LogP contribution in [0.15, 0.2) is 77.1 Å². The van der Waals surface area contributed by atoms with E-state index >= 15 is 0 Å². The zero-order chi connectivity index (χ0) is 21.3. The Morgan fingerprint density at radius 3 is 2.70 bits per heavy atom. The SMILES string of the molecule is N#CC1=C(N)Oc2cc(O)c(C=Nc3ccccc3Cl)cc2[C@@H]1c1cccc(I)c1. The molecule has 0 saturated heterocycles. The Morgan fingerprint density at radius 1 is 1.17 bits per heavy atom. The number of ether oxygens (including phenoxy) is 1. The summed E-state index contributed by atoms with van der Waals surface area (Å²) in [4.78, 5) is 4.39. The maximum Gasteiger partial charge on any atom is 0.205 e. The van der Waals surface area contributed by atoms with Crippen LogP contribution in [0.1, 0.15) is 22.6 Å². The number of allylic oxidation sites excluding steroid dienone is 1. The van der Waals surface area contributed by atoms with Crippen molar-refractivity contribution < 1.29 is 9.84 Å². The zero-order valence-corrected chi connectivity index (χ0v) is 18.4. The summed E-state index contributed by atoms with van der Waals surface area (Å²) in [6.45, 7) is 0. The second-order valence-corrected chi connectivity index (χ2v) is 8.29. The molecule has 30 heavy (non-hydrogen) atoms. The lowest BCUT2D eigenvalue weighted by Crippen LogP contribution is -2.21. The van der Waals surface area contributed by atoms with E-state index in [1.165, 1.54) is 12.3 Å². The predicted octanol–water partition coefficient (Wildman–Crippen LogP) is 5.62. The number of halogens is 2. The van der Waals surface area contributed by atoms with E-state index in [9.17, 15) is 10.4 Å². The van der Waals surface area contributed by atoms with Crippen LogP contribution in [0.2, 0.25) is 5.02 Å². The number of hydrogen-bond donors (Lipinski definition) is 2. The van der Waals surface area contributed by atoms with E-state index < -0.39 is 5.92 Å². The number of rotatable bonds is 3. The first kappa shape index (κ1) is 20.3. The van der Waals surface area contributed by atoms with E-state index in [0.29, 0.717) is 27.6 Å². The molecular formula is C23H15ClIN3O2. The maximum atomic E-state index is 10.5. The van der Waals surface area contributed by atoms with Gasteiger partial charge >= 0.3 is 0 Å². The largest absolute Gasteiger partial charge is 0.507 e. The summed E-state index contributed by atoms with van der Waals surface area (Å²) in [5.41, 5.74) is 9.04. The first-order valence-corrected chi connectivity index (χ1v) is 10.4. The molecule has 0 spiro atoms. The number of aromatic hydroxyl groups is 1. The van der Waals surface area contributed by atoms with Crippen molar-refractivity contribution in [2.24, 2.45) is 10.7 Å². The number of phenolic OH excluding ortho intramolecular Hbond substituents is 1. The molecule has 0 amide bonds. The number of aliphatic imine (C=N–C) groups is 1. The summed E-state index contributed by atoms with van der Waals surface area (Å²) in [6.07, 6.45) is 1.54. The van der Waals surface area contributed by atoms with E-state index in [4.69, 9.17) is 22.1 Å². The van der Waals surface area contributed by atoms with Crippen molar-refractivity contribution in [2.75, 3.05) is 0 Å². The first-order valence-electron chi connectivity index (χ1n) is 8.96. The summed E-state index contributed by atoms with van der Waals surface area (Å²) in [5.74, 6) is 0.00850. The Hall–Kier alpha value is -3.02. The summed E-state index contributed by atoms with van der Waals surface area (Å²) in [6, 6.07) is 20.4. The second-order valence-electron chi connectivity index (χ2n) is 6.64. The molecule has 0 fully saturated rings. The van der Waals surface area contributed by atoms with Crippen molar-refractivity contribution in [1.82, 2.24) is 0 Å². The van der Waals surface area contributed by atoms with Crippen molar-refractivity contribution in [3.05, 3.63) is 97.4 Å². The number of hydrogen-bond acceptors (Lipinski definition) is 5. The van der Waals surface area contributed by atoms with Gasteiger partial charge in [-0.2, -0.15) is 5.26 Å². The Kier molecular flexibility index (Phi) is 5.66. The first-order chi connectivity index (χ1) is 14.5. The van der Waals surface area contributed by atoms with Gasteiger partial charge in [-0.1, -0.05) is 35.9 Å². The Labute approximate surface area is 192 Å². The summed E-state index contributed by atoms with van der Waals surface area (Å²) >= 11 is 8.39. The smallest absolute Gasteiger partial charge is 0.205 e. The highest BCUT2D eigenvalue weighted by Gasteiger charge is 2.31. The van der Waals surface area contributed by atoms with Crippen molar-refractivity contribution in [3.8, 4) is 17.6 Å². The van der Waals surface area contributed by atoms with Gasteiger partial charge in [0.25, 0.3) is 0 Å². The van der Waals surface area contributed by atoms with Crippen molar-refractivity contribution in [3.63, 3.8) is 0 Å². The molecule has 1 atom stereocenters. The van der Waals surface area contributed by atoms with Crippen LogP contribution in [0.3, 0.4) is 0 Å². The average Bonchev–Trinajstić information content (AvgIpc) is 2.72. The van der Waals surface area contributed by atoms with Crippen molar-refractivity contribution in [2.45, 2.75) is 5.92 Å². The normalized spacial score (nSPS) is 15.6. The van der Waals surface area contributed by atoms with E-state index in [0.717, 1.165) is 14.7 Å². The zero-order valence-electron chi connectivity index (χ0n) is 15.5. The highest BCUT2D eigenvalue weighted by atomic mass is 127. The highest BCUT2D eigenvalue weighted by Crippen LogP contribution is 2.44. The van der Waals surface area contributed by atoms with E-state index in [-0.39, 0.29) is 11.6 Å². The molecule has 1 heterocycles. The van der Waals surface area contributed by atoms with Crippen LogP contribution in [-0.2, 0) is 0 Å². The third-order valence-electron chi connectivity index (χ3n) is 4.74. The number of para-hydroxylation sites is 1. The number of nitriles is 1. The fraction of sp³-hybridized carbons (Fsp3) is 0.0435. The lowest BCUT2D eigenvalue weighted by atomic mass is 9.83. The lowest BCUT2D eigenvalue weighted by molar-refractivity contribution is 0.388. The number of benzene rings is 3. The van der Waals surface area contributed by atoms with Crippen LogP contribution in [0.5, 0.6) is 11.5 Å². The lowest BCUT2D eigenvalue weighted by Gasteiger charge is -2.27. The minimum Gasteiger partial charge on any atom is -0.507 e. The molecule has 3 N–H and O–H groups in total. The number of phenols is 1. The average molecular weight is 528 g/mol. The molecule has 4 rings (SSSR count). The molecule has 0 radical (unpaired) electrons. The van der Waals surface area contributed by atoms with Crippen molar-refractivity contribution in [1.29, 1.82) is 5.26 Å². The minimum atomic E-state index is -0.415. The highest BCUT2D eigenvalue weighted by molar-refractivity contribution is 14.1. The van der Waals surface area contributed by atoms with Gasteiger partial charge < -0.3 is 15.6 Å². The van der Waals surface area contributed by atoms with Gasteiger partial charge in [0.15, 0.2) is 0 Å². The standard InChI is InChI=1S/C23H15ClIN3O2/c24-18-6-1-2-7-19(18)28-12-14-9-16-21(10-20(14)29)30-23(27)17(11-26)22(16)13-4-3-5-15(25)8-13/h1-10,12,22,29H,27H2/t22-/m0/s1. The summed E-state index contributed by atoms with van der Waals surface area (Å²) in [5, 5.41) is 20.7. The Balaban J connectivity index is 1.84. The number of nitrogens with zero attached hydrogens (tertiary/aromatic N) is 2. The van der Waals surface area contributed by atoms with Gasteiger partial charge in [-0.3, -0.25) is 4.99 Å². The Morgan fingerprint density at radius 2 is 1.97 bits per heavy atom. The molecule has 7 heteroatoms. The monoisotopic (exact) mass is 527 g/mol. The predicted molar refractivity (Wildman–Crippen MR) is 125 cm³/mol. The number of fused-ring (bicyclic) bond motifs is 1. The molecule has 3 aromatic rings. The third kappa shape index (κ3) is 3.86. The molecule has 3 aromatic carbocycles. The third-order valence-corrected chi connectivity index (χ3v) is 5.73. The van der Waals surface area contributed by atoms with Gasteiger partial charge in [-0.25, -0.2) is 0 Å². The summed E-state index contributed by atoms with van der Waals surface area (Å²) in [7, 11) is 0. The molecule has 0 bridgehead atoms. The second kappa shape index (κ2) is 8.38. The van der Waals surface area contributed by atoms with Gasteiger partial charge in [0.05, 0.1) is 16.6 Å². The topological polar surface area (TPSA) is 91.6 Å². The molecular weight excluding hydrogens is 513 g/mol. The molecule has 0 saturated carbocycles. The molecule has 0 aromatic heterocycles.